The molecular weight excluding hydrogens is 462 g/mol. The standard InChI is InChI=1S/C19H18Cl3FN2O3S/c20-13-4-5-18(16(22)10-13)24-19(26)12-6-8-25(9-7-12)29(27,28)11-14-15(21)2-1-3-17(14)23/h1-5,10,12H,6-9,11H2,(H,24,26). The molecule has 1 fully saturated rings. The van der Waals surface area contributed by atoms with Crippen molar-refractivity contribution in [2.45, 2.75) is 18.6 Å². The fourth-order valence-corrected chi connectivity index (χ4v) is 5.54. The quantitative estimate of drug-likeness (QED) is 0.659. The number of nitrogens with one attached hydrogen (secondary N) is 1. The van der Waals surface area contributed by atoms with Gasteiger partial charge in [-0.15, -0.1) is 0 Å². The number of nitrogens with zero attached hydrogens (tertiary/aromatic N) is 1. The van der Waals surface area contributed by atoms with Crippen LogP contribution in [0.3, 0.4) is 0 Å². The van der Waals surface area contributed by atoms with Crippen molar-refractivity contribution in [2.24, 2.45) is 5.92 Å². The average molecular weight is 480 g/mol. The molecule has 0 aliphatic carbocycles. The molecule has 1 amide bonds. The van der Waals surface area contributed by atoms with Crippen LogP contribution in [0.25, 0.3) is 0 Å². The predicted molar refractivity (Wildman–Crippen MR) is 113 cm³/mol. The molecule has 29 heavy (non-hydrogen) atoms. The number of rotatable bonds is 5. The molecule has 5 nitrogen and oxygen atoms in total. The van der Waals surface area contributed by atoms with Crippen LogP contribution >= 0.6 is 34.8 Å². The first-order chi connectivity index (χ1) is 13.7. The number of hydrogen-bond donors (Lipinski definition) is 1. The van der Waals surface area contributed by atoms with Gasteiger partial charge >= 0.3 is 0 Å². The van der Waals surface area contributed by atoms with E-state index in [2.05, 4.69) is 5.32 Å². The highest BCUT2D eigenvalue weighted by Gasteiger charge is 2.32. The molecule has 1 aliphatic heterocycles. The van der Waals surface area contributed by atoms with Gasteiger partial charge in [0.05, 0.1) is 16.5 Å². The van der Waals surface area contributed by atoms with Crippen LogP contribution in [-0.2, 0) is 20.6 Å². The van der Waals surface area contributed by atoms with Gasteiger partial charge in [0.15, 0.2) is 0 Å². The van der Waals surface area contributed by atoms with Crippen molar-refractivity contribution in [3.63, 3.8) is 0 Å². The van der Waals surface area contributed by atoms with Gasteiger partial charge in [-0.3, -0.25) is 4.79 Å². The van der Waals surface area contributed by atoms with Crippen molar-refractivity contribution >= 4 is 56.4 Å². The topological polar surface area (TPSA) is 66.5 Å². The van der Waals surface area contributed by atoms with Gasteiger partial charge in [0.25, 0.3) is 0 Å². The van der Waals surface area contributed by atoms with Crippen LogP contribution in [-0.4, -0.2) is 31.7 Å². The minimum Gasteiger partial charge on any atom is -0.325 e. The van der Waals surface area contributed by atoms with Crippen molar-refractivity contribution in [3.05, 3.63) is 62.8 Å². The normalized spacial score (nSPS) is 16.0. The van der Waals surface area contributed by atoms with Gasteiger partial charge in [-0.05, 0) is 43.2 Å². The molecule has 3 rings (SSSR count). The Bertz CT molecular complexity index is 1010. The van der Waals surface area contributed by atoms with Crippen LogP contribution in [0.15, 0.2) is 36.4 Å². The van der Waals surface area contributed by atoms with Crippen molar-refractivity contribution in [1.29, 1.82) is 0 Å². The lowest BCUT2D eigenvalue weighted by Crippen LogP contribution is -2.42. The molecule has 10 heteroatoms. The maximum absolute atomic E-state index is 13.9. The number of carbonyl (C=O) groups excluding carboxylic acids is 1. The van der Waals surface area contributed by atoms with Crippen LogP contribution in [0.5, 0.6) is 0 Å². The average Bonchev–Trinajstić information content (AvgIpc) is 2.67. The largest absolute Gasteiger partial charge is 0.325 e. The SMILES string of the molecule is O=C(Nc1ccc(Cl)cc1Cl)C1CCN(S(=O)(=O)Cc2c(F)cccc2Cl)CC1. The molecule has 156 valence electrons. The summed E-state index contributed by atoms with van der Waals surface area (Å²) in [6.45, 7) is 0.335. The minimum absolute atomic E-state index is 0.0496. The lowest BCUT2D eigenvalue weighted by molar-refractivity contribution is -0.120. The summed E-state index contributed by atoms with van der Waals surface area (Å²) in [6, 6.07) is 8.81. The summed E-state index contributed by atoms with van der Waals surface area (Å²) >= 11 is 17.9. The van der Waals surface area contributed by atoms with Gasteiger partial charge in [0.1, 0.15) is 5.82 Å². The van der Waals surface area contributed by atoms with Crippen LogP contribution in [0.4, 0.5) is 10.1 Å². The van der Waals surface area contributed by atoms with Gasteiger partial charge in [-0.25, -0.2) is 17.1 Å². The number of carbonyl (C=O) groups is 1. The van der Waals surface area contributed by atoms with Crippen molar-refractivity contribution in [2.75, 3.05) is 18.4 Å². The monoisotopic (exact) mass is 478 g/mol. The third-order valence-electron chi connectivity index (χ3n) is 4.80. The Hall–Kier alpha value is -1.38. The summed E-state index contributed by atoms with van der Waals surface area (Å²) in [6.07, 6.45) is 0.697. The van der Waals surface area contributed by atoms with E-state index in [4.69, 9.17) is 34.8 Å². The number of anilines is 1. The molecule has 1 heterocycles. The van der Waals surface area contributed by atoms with Crippen LogP contribution in [0, 0.1) is 11.7 Å². The lowest BCUT2D eigenvalue weighted by Gasteiger charge is -2.30. The summed E-state index contributed by atoms with van der Waals surface area (Å²) in [5, 5.41) is 3.61. The number of hydrogen-bond acceptors (Lipinski definition) is 3. The first-order valence-corrected chi connectivity index (χ1v) is 11.6. The summed E-state index contributed by atoms with van der Waals surface area (Å²) in [5.41, 5.74) is 0.400. The zero-order valence-corrected chi connectivity index (χ0v) is 18.3. The fourth-order valence-electron chi connectivity index (χ4n) is 3.17. The lowest BCUT2D eigenvalue weighted by atomic mass is 9.97. The molecule has 1 N–H and O–H groups in total. The Morgan fingerprint density at radius 1 is 1.10 bits per heavy atom. The molecule has 2 aromatic rings. The molecule has 0 radical (unpaired) electrons. The number of halogens is 4. The second-order valence-corrected chi connectivity index (χ2v) is 9.96. The van der Waals surface area contributed by atoms with E-state index in [9.17, 15) is 17.6 Å². The Balaban J connectivity index is 1.61. The summed E-state index contributed by atoms with van der Waals surface area (Å²) in [5.74, 6) is -1.76. The smallest absolute Gasteiger partial charge is 0.227 e. The molecule has 0 unspecified atom stereocenters. The molecule has 1 aliphatic rings. The first-order valence-electron chi connectivity index (χ1n) is 8.84. The maximum Gasteiger partial charge on any atom is 0.227 e. The highest BCUT2D eigenvalue weighted by Crippen LogP contribution is 2.29. The summed E-state index contributed by atoms with van der Waals surface area (Å²) < 4.78 is 40.6. The van der Waals surface area contributed by atoms with Gasteiger partial charge in [-0.1, -0.05) is 40.9 Å². The molecular formula is C19H18Cl3FN2O3S. The third-order valence-corrected chi connectivity index (χ3v) is 7.50. The van der Waals surface area contributed by atoms with Crippen LogP contribution < -0.4 is 5.32 Å². The number of sulfonamides is 1. The predicted octanol–water partition coefficient (Wildman–Crippen LogP) is 4.97. The molecule has 2 aromatic carbocycles. The third kappa shape index (κ3) is 5.41. The van der Waals surface area contributed by atoms with E-state index in [1.165, 1.54) is 28.6 Å². The van der Waals surface area contributed by atoms with E-state index in [1.54, 1.807) is 12.1 Å². The Morgan fingerprint density at radius 2 is 1.79 bits per heavy atom. The van der Waals surface area contributed by atoms with Crippen molar-refractivity contribution < 1.29 is 17.6 Å². The van der Waals surface area contributed by atoms with Gasteiger partial charge in [-0.2, -0.15) is 0 Å². The minimum atomic E-state index is -3.76. The highest BCUT2D eigenvalue weighted by molar-refractivity contribution is 7.88. The number of amides is 1. The molecule has 0 bridgehead atoms. The van der Waals surface area contributed by atoms with Crippen LogP contribution in [0.1, 0.15) is 18.4 Å². The highest BCUT2D eigenvalue weighted by atomic mass is 35.5. The van der Waals surface area contributed by atoms with Crippen molar-refractivity contribution in [3.8, 4) is 0 Å². The van der Waals surface area contributed by atoms with E-state index in [0.29, 0.717) is 28.6 Å². The fraction of sp³-hybridized carbons (Fsp3) is 0.316. The van der Waals surface area contributed by atoms with Gasteiger partial charge in [0, 0.05) is 34.6 Å². The summed E-state index contributed by atoms with van der Waals surface area (Å²) in [7, 11) is -3.76. The Kier molecular flexibility index (Phi) is 7.06. The molecule has 0 aromatic heterocycles. The molecule has 1 saturated heterocycles. The number of piperidine rings is 1. The molecule has 0 atom stereocenters. The van der Waals surface area contributed by atoms with Crippen LogP contribution in [0.2, 0.25) is 15.1 Å². The zero-order chi connectivity index (χ0) is 21.2. The van der Waals surface area contributed by atoms with E-state index < -0.39 is 21.6 Å². The maximum atomic E-state index is 13.9. The van der Waals surface area contributed by atoms with Crippen molar-refractivity contribution in [1.82, 2.24) is 4.31 Å². The Morgan fingerprint density at radius 3 is 2.41 bits per heavy atom. The van der Waals surface area contributed by atoms with E-state index >= 15 is 0 Å². The van der Waals surface area contributed by atoms with Gasteiger partial charge < -0.3 is 5.32 Å². The Labute approximate surface area is 183 Å². The van der Waals surface area contributed by atoms with Gasteiger partial charge in [0.2, 0.25) is 15.9 Å². The second-order valence-electron chi connectivity index (χ2n) is 6.74. The van der Waals surface area contributed by atoms with E-state index in [-0.39, 0.29) is 35.5 Å². The second kappa shape index (κ2) is 9.18. The zero-order valence-electron chi connectivity index (χ0n) is 15.2. The molecule has 0 saturated carbocycles. The molecule has 0 spiro atoms. The van der Waals surface area contributed by atoms with E-state index in [0.717, 1.165) is 0 Å². The van der Waals surface area contributed by atoms with E-state index in [1.807, 2.05) is 0 Å². The summed E-state index contributed by atoms with van der Waals surface area (Å²) in [4.78, 5) is 12.5. The first kappa shape index (κ1) is 22.3. The number of benzene rings is 2.